The Labute approximate surface area is 101 Å². The quantitative estimate of drug-likeness (QED) is 0.667. The van der Waals surface area contributed by atoms with E-state index in [1.54, 1.807) is 5.57 Å². The maximum Gasteiger partial charge on any atom is 0.0658 e. The van der Waals surface area contributed by atoms with Crippen LogP contribution in [0.25, 0.3) is 0 Å². The smallest absolute Gasteiger partial charge is 0.0658 e. The average Bonchev–Trinajstić information content (AvgIpc) is 2.17. The summed E-state index contributed by atoms with van der Waals surface area (Å²) in [6.07, 6.45) is 6.08. The molecular formula is C14H27NO. The molecule has 0 unspecified atom stereocenters. The highest BCUT2D eigenvalue weighted by molar-refractivity contribution is 5.05. The highest BCUT2D eigenvalue weighted by Crippen LogP contribution is 2.33. The fourth-order valence-electron chi connectivity index (χ4n) is 2.21. The molecule has 0 bridgehead atoms. The summed E-state index contributed by atoms with van der Waals surface area (Å²) in [5, 5.41) is 0. The van der Waals surface area contributed by atoms with Crippen molar-refractivity contribution in [3.8, 4) is 0 Å². The van der Waals surface area contributed by atoms with Gasteiger partial charge in [0.05, 0.1) is 12.2 Å². The molecule has 0 aromatic rings. The van der Waals surface area contributed by atoms with Crippen LogP contribution in [0.15, 0.2) is 11.6 Å². The lowest BCUT2D eigenvalue weighted by molar-refractivity contribution is -0.0663. The molecule has 0 aromatic heterocycles. The number of hydrogen-bond acceptors (Lipinski definition) is 2. The van der Waals surface area contributed by atoms with Gasteiger partial charge < -0.3 is 9.64 Å². The van der Waals surface area contributed by atoms with Crippen molar-refractivity contribution in [2.24, 2.45) is 5.92 Å². The average molecular weight is 225 g/mol. The minimum absolute atomic E-state index is 0.0210. The molecule has 94 valence electrons. The third kappa shape index (κ3) is 4.26. The van der Waals surface area contributed by atoms with Crippen LogP contribution in [0.1, 0.15) is 40.0 Å². The van der Waals surface area contributed by atoms with Gasteiger partial charge in [0.25, 0.3) is 0 Å². The van der Waals surface area contributed by atoms with Gasteiger partial charge in [0.15, 0.2) is 0 Å². The third-order valence-electron chi connectivity index (χ3n) is 3.63. The molecule has 16 heavy (non-hydrogen) atoms. The van der Waals surface area contributed by atoms with Crippen LogP contribution in [0.3, 0.4) is 0 Å². The summed E-state index contributed by atoms with van der Waals surface area (Å²) in [5.74, 6) is 0.679. The Hall–Kier alpha value is -0.340. The zero-order valence-electron chi connectivity index (χ0n) is 11.5. The van der Waals surface area contributed by atoms with E-state index in [-0.39, 0.29) is 5.60 Å². The van der Waals surface area contributed by atoms with Gasteiger partial charge in [-0.1, -0.05) is 11.6 Å². The van der Waals surface area contributed by atoms with E-state index >= 15 is 0 Å². The van der Waals surface area contributed by atoms with Crippen molar-refractivity contribution in [2.75, 3.05) is 27.2 Å². The van der Waals surface area contributed by atoms with E-state index in [4.69, 9.17) is 4.74 Å². The van der Waals surface area contributed by atoms with Crippen LogP contribution < -0.4 is 0 Å². The van der Waals surface area contributed by atoms with Crippen LogP contribution in [0.4, 0.5) is 0 Å². The molecule has 1 rings (SSSR count). The van der Waals surface area contributed by atoms with E-state index < -0.39 is 0 Å². The summed E-state index contributed by atoms with van der Waals surface area (Å²) >= 11 is 0. The molecule has 0 amide bonds. The van der Waals surface area contributed by atoms with Gasteiger partial charge in [0.1, 0.15) is 0 Å². The van der Waals surface area contributed by atoms with Gasteiger partial charge in [-0.05, 0) is 60.0 Å². The van der Waals surface area contributed by atoms with Crippen LogP contribution in [0.5, 0.6) is 0 Å². The Balaban J connectivity index is 2.38. The summed E-state index contributed by atoms with van der Waals surface area (Å²) < 4.78 is 6.04. The first kappa shape index (κ1) is 13.7. The van der Waals surface area contributed by atoms with Crippen molar-refractivity contribution in [3.63, 3.8) is 0 Å². The van der Waals surface area contributed by atoms with Gasteiger partial charge >= 0.3 is 0 Å². The molecule has 0 N–H and O–H groups in total. The number of nitrogens with zero attached hydrogens (tertiary/aromatic N) is 1. The van der Waals surface area contributed by atoms with Gasteiger partial charge in [-0.15, -0.1) is 0 Å². The third-order valence-corrected chi connectivity index (χ3v) is 3.63. The highest BCUT2D eigenvalue weighted by atomic mass is 16.5. The van der Waals surface area contributed by atoms with Crippen molar-refractivity contribution >= 4 is 0 Å². The molecule has 0 aliphatic heterocycles. The van der Waals surface area contributed by atoms with Gasteiger partial charge in [0.2, 0.25) is 0 Å². The zero-order chi connectivity index (χ0) is 12.2. The summed E-state index contributed by atoms with van der Waals surface area (Å²) in [4.78, 5) is 2.17. The maximum absolute atomic E-state index is 6.04. The lowest BCUT2D eigenvalue weighted by Crippen LogP contribution is -2.37. The van der Waals surface area contributed by atoms with Gasteiger partial charge in [-0.3, -0.25) is 0 Å². The standard InChI is InChI=1S/C14H27NO/c1-12-6-8-13(9-7-12)14(2,3)16-11-10-15(4)5/h6,13H,7-11H2,1-5H3/t13-/m0/s1. The van der Waals surface area contributed by atoms with Gasteiger partial charge in [-0.25, -0.2) is 0 Å². The molecular weight excluding hydrogens is 198 g/mol. The van der Waals surface area contributed by atoms with E-state index in [9.17, 15) is 0 Å². The first-order valence-corrected chi connectivity index (χ1v) is 6.36. The predicted molar refractivity (Wildman–Crippen MR) is 69.7 cm³/mol. The van der Waals surface area contributed by atoms with E-state index in [2.05, 4.69) is 45.8 Å². The van der Waals surface area contributed by atoms with E-state index in [0.717, 1.165) is 13.2 Å². The summed E-state index contributed by atoms with van der Waals surface area (Å²) in [5.41, 5.74) is 1.56. The molecule has 0 saturated carbocycles. The van der Waals surface area contributed by atoms with Crippen LogP contribution >= 0.6 is 0 Å². The Bertz CT molecular complexity index is 243. The summed E-state index contributed by atoms with van der Waals surface area (Å²) in [6.45, 7) is 8.55. The van der Waals surface area contributed by atoms with E-state index in [1.165, 1.54) is 19.3 Å². The van der Waals surface area contributed by atoms with Crippen molar-refractivity contribution in [3.05, 3.63) is 11.6 Å². The molecule has 0 aromatic carbocycles. The first-order chi connectivity index (χ1) is 7.42. The number of likely N-dealkylation sites (N-methyl/N-ethyl adjacent to an activating group) is 1. The molecule has 0 radical (unpaired) electrons. The topological polar surface area (TPSA) is 12.5 Å². The number of hydrogen-bond donors (Lipinski definition) is 0. The van der Waals surface area contributed by atoms with E-state index in [1.807, 2.05) is 0 Å². The Morgan fingerprint density at radius 2 is 2.12 bits per heavy atom. The molecule has 0 fully saturated rings. The number of allylic oxidation sites excluding steroid dienone is 2. The van der Waals surface area contributed by atoms with Crippen LogP contribution in [-0.4, -0.2) is 37.7 Å². The predicted octanol–water partition coefficient (Wildman–Crippen LogP) is 3.09. The minimum atomic E-state index is 0.0210. The Morgan fingerprint density at radius 3 is 2.62 bits per heavy atom. The van der Waals surface area contributed by atoms with E-state index in [0.29, 0.717) is 5.92 Å². The van der Waals surface area contributed by atoms with Crippen LogP contribution in [0.2, 0.25) is 0 Å². The second kappa shape index (κ2) is 5.83. The van der Waals surface area contributed by atoms with Crippen molar-refractivity contribution < 1.29 is 4.74 Å². The van der Waals surface area contributed by atoms with Crippen molar-refractivity contribution in [2.45, 2.75) is 45.6 Å². The molecule has 2 heteroatoms. The first-order valence-electron chi connectivity index (χ1n) is 6.36. The molecule has 0 heterocycles. The number of ether oxygens (including phenoxy) is 1. The largest absolute Gasteiger partial charge is 0.374 e. The highest BCUT2D eigenvalue weighted by Gasteiger charge is 2.30. The lowest BCUT2D eigenvalue weighted by Gasteiger charge is -2.36. The van der Waals surface area contributed by atoms with Crippen LogP contribution in [-0.2, 0) is 4.74 Å². The SMILES string of the molecule is CC1=CC[C@H](C(C)(C)OCCN(C)C)CC1. The molecule has 1 aliphatic carbocycles. The Kier molecular flexibility index (Phi) is 5.00. The molecule has 2 nitrogen and oxygen atoms in total. The maximum atomic E-state index is 6.04. The second-order valence-electron chi connectivity index (χ2n) is 5.78. The second-order valence-corrected chi connectivity index (χ2v) is 5.78. The summed E-state index contributed by atoms with van der Waals surface area (Å²) in [6, 6.07) is 0. The van der Waals surface area contributed by atoms with Gasteiger partial charge in [-0.2, -0.15) is 0 Å². The zero-order valence-corrected chi connectivity index (χ0v) is 11.5. The fraction of sp³-hybridized carbons (Fsp3) is 0.857. The normalized spacial score (nSPS) is 22.4. The fourth-order valence-corrected chi connectivity index (χ4v) is 2.21. The molecule has 1 atom stereocenters. The van der Waals surface area contributed by atoms with Crippen molar-refractivity contribution in [1.82, 2.24) is 4.90 Å². The number of rotatable bonds is 5. The molecule has 0 spiro atoms. The van der Waals surface area contributed by atoms with Crippen molar-refractivity contribution in [1.29, 1.82) is 0 Å². The monoisotopic (exact) mass is 225 g/mol. The molecule has 1 aliphatic rings. The Morgan fingerprint density at radius 1 is 1.44 bits per heavy atom. The van der Waals surface area contributed by atoms with Crippen LogP contribution in [0, 0.1) is 5.92 Å². The minimum Gasteiger partial charge on any atom is -0.374 e. The summed E-state index contributed by atoms with van der Waals surface area (Å²) in [7, 11) is 4.17. The molecule has 0 saturated heterocycles. The lowest BCUT2D eigenvalue weighted by atomic mass is 9.79. The van der Waals surface area contributed by atoms with Gasteiger partial charge in [0, 0.05) is 6.54 Å².